The van der Waals surface area contributed by atoms with Gasteiger partial charge in [-0.25, -0.2) is 9.78 Å². The number of thiophene rings is 1. The van der Waals surface area contributed by atoms with Crippen molar-refractivity contribution in [3.8, 4) is 5.75 Å². The standard InChI is InChI=1S/C18H12ClNO3S2/c1-22-10-6-7-11-14(8-10)25-17(16(11)19)18(21)23-9-15-20-12-4-2-3-5-13(12)24-15/h2-8H,9H2,1H3. The summed E-state index contributed by atoms with van der Waals surface area (Å²) in [6, 6.07) is 13.3. The fourth-order valence-corrected chi connectivity index (χ4v) is 4.79. The Kier molecular flexibility index (Phi) is 4.33. The first-order valence-electron chi connectivity index (χ1n) is 7.43. The molecule has 0 fully saturated rings. The van der Waals surface area contributed by atoms with E-state index in [-0.39, 0.29) is 6.61 Å². The highest BCUT2D eigenvalue weighted by molar-refractivity contribution is 7.21. The fraction of sp³-hybridized carbons (Fsp3) is 0.111. The first kappa shape index (κ1) is 16.3. The number of carbonyl (C=O) groups excluding carboxylic acids is 1. The lowest BCUT2D eigenvalue weighted by Gasteiger charge is -2.00. The fourth-order valence-electron chi connectivity index (χ4n) is 2.48. The SMILES string of the molecule is COc1ccc2c(Cl)c(C(=O)OCc3nc4ccccc4s3)sc2c1. The number of fused-ring (bicyclic) bond motifs is 2. The van der Waals surface area contributed by atoms with Crippen molar-refractivity contribution >= 4 is 60.5 Å². The van der Waals surface area contributed by atoms with Gasteiger partial charge in [0, 0.05) is 10.1 Å². The van der Waals surface area contributed by atoms with E-state index < -0.39 is 5.97 Å². The number of thiazole rings is 1. The maximum absolute atomic E-state index is 12.4. The van der Waals surface area contributed by atoms with Crippen molar-refractivity contribution in [2.24, 2.45) is 0 Å². The Labute approximate surface area is 156 Å². The van der Waals surface area contributed by atoms with Gasteiger partial charge in [0.2, 0.25) is 0 Å². The Bertz CT molecular complexity index is 1050. The predicted molar refractivity (Wildman–Crippen MR) is 102 cm³/mol. The van der Waals surface area contributed by atoms with Gasteiger partial charge < -0.3 is 9.47 Å². The zero-order valence-corrected chi connectivity index (χ0v) is 15.5. The molecule has 0 aliphatic carbocycles. The number of hydrogen-bond acceptors (Lipinski definition) is 6. The maximum atomic E-state index is 12.4. The van der Waals surface area contributed by atoms with E-state index >= 15 is 0 Å². The summed E-state index contributed by atoms with van der Waals surface area (Å²) in [7, 11) is 1.60. The summed E-state index contributed by atoms with van der Waals surface area (Å²) in [4.78, 5) is 17.3. The van der Waals surface area contributed by atoms with Gasteiger partial charge in [-0.3, -0.25) is 0 Å². The molecule has 126 valence electrons. The van der Waals surface area contributed by atoms with Gasteiger partial charge in [0.25, 0.3) is 0 Å². The van der Waals surface area contributed by atoms with Crippen LogP contribution in [0, 0.1) is 0 Å². The van der Waals surface area contributed by atoms with Crippen molar-refractivity contribution in [1.29, 1.82) is 0 Å². The van der Waals surface area contributed by atoms with Gasteiger partial charge in [-0.05, 0) is 30.3 Å². The highest BCUT2D eigenvalue weighted by atomic mass is 35.5. The smallest absolute Gasteiger partial charge is 0.350 e. The zero-order chi connectivity index (χ0) is 17.4. The number of carbonyl (C=O) groups is 1. The van der Waals surface area contributed by atoms with Crippen molar-refractivity contribution in [3.63, 3.8) is 0 Å². The molecule has 0 bridgehead atoms. The van der Waals surface area contributed by atoms with E-state index in [4.69, 9.17) is 21.1 Å². The minimum absolute atomic E-state index is 0.131. The zero-order valence-electron chi connectivity index (χ0n) is 13.1. The van der Waals surface area contributed by atoms with Crippen LogP contribution in [0.15, 0.2) is 42.5 Å². The number of para-hydroxylation sites is 1. The number of esters is 1. The Balaban J connectivity index is 1.56. The Morgan fingerprint density at radius 1 is 1.16 bits per heavy atom. The molecule has 2 heterocycles. The number of ether oxygens (including phenoxy) is 2. The molecule has 0 aliphatic rings. The van der Waals surface area contributed by atoms with Crippen LogP contribution in [0.4, 0.5) is 0 Å². The molecule has 0 saturated carbocycles. The number of benzene rings is 2. The number of aromatic nitrogens is 1. The lowest BCUT2D eigenvalue weighted by molar-refractivity contribution is 0.0478. The first-order chi connectivity index (χ1) is 12.2. The minimum Gasteiger partial charge on any atom is -0.497 e. The van der Waals surface area contributed by atoms with Gasteiger partial charge in [-0.2, -0.15) is 0 Å². The molecule has 2 aromatic heterocycles. The van der Waals surface area contributed by atoms with E-state index in [9.17, 15) is 4.79 Å². The van der Waals surface area contributed by atoms with E-state index in [1.54, 1.807) is 7.11 Å². The molecule has 0 N–H and O–H groups in total. The van der Waals surface area contributed by atoms with Crippen LogP contribution in [0.5, 0.6) is 5.75 Å². The summed E-state index contributed by atoms with van der Waals surface area (Å²) in [6.07, 6.45) is 0. The van der Waals surface area contributed by atoms with E-state index in [1.807, 2.05) is 42.5 Å². The van der Waals surface area contributed by atoms with Crippen molar-refractivity contribution in [1.82, 2.24) is 4.98 Å². The second-order valence-electron chi connectivity index (χ2n) is 5.26. The van der Waals surface area contributed by atoms with E-state index in [2.05, 4.69) is 4.98 Å². The molecule has 0 aliphatic heterocycles. The highest BCUT2D eigenvalue weighted by Crippen LogP contribution is 2.37. The number of methoxy groups -OCH3 is 1. The number of halogens is 1. The molecule has 0 radical (unpaired) electrons. The molecule has 7 heteroatoms. The third kappa shape index (κ3) is 3.08. The predicted octanol–water partition coefficient (Wildman–Crippen LogP) is 5.53. The third-order valence-electron chi connectivity index (χ3n) is 3.69. The molecule has 0 spiro atoms. The van der Waals surface area contributed by atoms with Crippen LogP contribution >= 0.6 is 34.3 Å². The van der Waals surface area contributed by atoms with Gasteiger partial charge in [0.05, 0.1) is 22.3 Å². The third-order valence-corrected chi connectivity index (χ3v) is 6.33. The van der Waals surface area contributed by atoms with Gasteiger partial charge in [-0.15, -0.1) is 22.7 Å². The molecule has 2 aromatic carbocycles. The van der Waals surface area contributed by atoms with E-state index in [0.29, 0.717) is 9.90 Å². The Morgan fingerprint density at radius 3 is 2.80 bits per heavy atom. The first-order valence-corrected chi connectivity index (χ1v) is 9.44. The number of hydrogen-bond donors (Lipinski definition) is 0. The van der Waals surface area contributed by atoms with Crippen LogP contribution in [-0.2, 0) is 11.3 Å². The van der Waals surface area contributed by atoms with Gasteiger partial charge in [0.15, 0.2) is 0 Å². The van der Waals surface area contributed by atoms with Gasteiger partial charge >= 0.3 is 5.97 Å². The van der Waals surface area contributed by atoms with E-state index in [0.717, 1.165) is 31.1 Å². The normalized spacial score (nSPS) is 11.1. The lowest BCUT2D eigenvalue weighted by Crippen LogP contribution is -2.03. The molecule has 4 rings (SSSR count). The maximum Gasteiger partial charge on any atom is 0.350 e. The second-order valence-corrected chi connectivity index (χ2v) is 7.80. The van der Waals surface area contributed by atoms with E-state index in [1.165, 1.54) is 22.7 Å². The summed E-state index contributed by atoms with van der Waals surface area (Å²) >= 11 is 9.16. The minimum atomic E-state index is -0.440. The van der Waals surface area contributed by atoms with Crippen LogP contribution in [0.2, 0.25) is 5.02 Å². The summed E-state index contributed by atoms with van der Waals surface area (Å²) < 4.78 is 12.6. The van der Waals surface area contributed by atoms with Crippen molar-refractivity contribution in [2.75, 3.05) is 7.11 Å². The monoisotopic (exact) mass is 389 g/mol. The lowest BCUT2D eigenvalue weighted by atomic mass is 10.2. The summed E-state index contributed by atoms with van der Waals surface area (Å²) in [5, 5.41) is 1.99. The Hall–Kier alpha value is -2.15. The molecule has 4 nitrogen and oxygen atoms in total. The summed E-state index contributed by atoms with van der Waals surface area (Å²) in [6.45, 7) is 0.131. The van der Waals surface area contributed by atoms with Crippen LogP contribution in [0.25, 0.3) is 20.3 Å². The molecule has 25 heavy (non-hydrogen) atoms. The average Bonchev–Trinajstić information content (AvgIpc) is 3.20. The average molecular weight is 390 g/mol. The van der Waals surface area contributed by atoms with Crippen molar-refractivity contribution < 1.29 is 14.3 Å². The molecule has 0 amide bonds. The molecular weight excluding hydrogens is 378 g/mol. The van der Waals surface area contributed by atoms with Crippen LogP contribution in [0.1, 0.15) is 14.7 Å². The topological polar surface area (TPSA) is 48.4 Å². The molecular formula is C18H12ClNO3S2. The molecule has 0 unspecified atom stereocenters. The second kappa shape index (κ2) is 6.63. The van der Waals surface area contributed by atoms with Crippen LogP contribution < -0.4 is 4.74 Å². The number of rotatable bonds is 4. The number of nitrogens with zero attached hydrogens (tertiary/aromatic N) is 1. The summed E-state index contributed by atoms with van der Waals surface area (Å²) in [5.74, 6) is 0.282. The van der Waals surface area contributed by atoms with Crippen LogP contribution in [0.3, 0.4) is 0 Å². The highest BCUT2D eigenvalue weighted by Gasteiger charge is 2.19. The molecule has 4 aromatic rings. The molecule has 0 atom stereocenters. The summed E-state index contributed by atoms with van der Waals surface area (Å²) in [5.41, 5.74) is 0.908. The quantitative estimate of drug-likeness (QED) is 0.430. The molecule has 0 saturated heterocycles. The Morgan fingerprint density at radius 2 is 2.00 bits per heavy atom. The van der Waals surface area contributed by atoms with Gasteiger partial charge in [-0.1, -0.05) is 23.7 Å². The van der Waals surface area contributed by atoms with Crippen molar-refractivity contribution in [2.45, 2.75) is 6.61 Å². The van der Waals surface area contributed by atoms with Crippen molar-refractivity contribution in [3.05, 3.63) is 57.4 Å². The largest absolute Gasteiger partial charge is 0.497 e. The van der Waals surface area contributed by atoms with Crippen LogP contribution in [-0.4, -0.2) is 18.1 Å². The van der Waals surface area contributed by atoms with Gasteiger partial charge in [0.1, 0.15) is 22.2 Å².